The van der Waals surface area contributed by atoms with E-state index in [1.54, 1.807) is 47.2 Å². The molecule has 31 heavy (non-hydrogen) atoms. The van der Waals surface area contributed by atoms with Crippen molar-refractivity contribution in [1.29, 1.82) is 0 Å². The van der Waals surface area contributed by atoms with Crippen LogP contribution < -0.4 is 10.6 Å². The van der Waals surface area contributed by atoms with Crippen molar-refractivity contribution >= 4 is 23.6 Å². The van der Waals surface area contributed by atoms with Gasteiger partial charge in [-0.3, -0.25) is 9.59 Å². The molecular weight excluding hydrogens is 395 g/mol. The molecule has 7 heteroatoms. The fourth-order valence-corrected chi connectivity index (χ4v) is 3.31. The van der Waals surface area contributed by atoms with E-state index in [2.05, 4.69) is 15.7 Å². The highest BCUT2D eigenvalue weighted by atomic mass is 19.1. The Bertz CT molecular complexity index is 1160. The standard InChI is InChI=1S/C24H23FN4O2/c1-15-22(16(2)29(28-15)21-10-6-18(25)7-11-21)12-13-23(30)26-20-5-3-4-17(14-20)24(31)27-19-8-9-19/h3-7,10-14,19H,8-9H2,1-2H3,(H,26,30)(H,27,31)/b13-12+. The van der Waals surface area contributed by atoms with Gasteiger partial charge in [0.25, 0.3) is 5.91 Å². The third-order valence-electron chi connectivity index (χ3n) is 5.12. The van der Waals surface area contributed by atoms with Crippen molar-refractivity contribution in [2.45, 2.75) is 32.7 Å². The van der Waals surface area contributed by atoms with Crippen LogP contribution in [0.15, 0.2) is 54.6 Å². The summed E-state index contributed by atoms with van der Waals surface area (Å²) in [5, 5.41) is 10.2. The minimum absolute atomic E-state index is 0.131. The number of nitrogens with zero attached hydrogens (tertiary/aromatic N) is 2. The van der Waals surface area contributed by atoms with Crippen molar-refractivity contribution in [2.24, 2.45) is 0 Å². The predicted molar refractivity (Wildman–Crippen MR) is 118 cm³/mol. The summed E-state index contributed by atoms with van der Waals surface area (Å²) in [5.41, 5.74) is 4.22. The molecule has 1 fully saturated rings. The third-order valence-corrected chi connectivity index (χ3v) is 5.12. The van der Waals surface area contributed by atoms with Crippen LogP contribution in [0.1, 0.15) is 40.2 Å². The van der Waals surface area contributed by atoms with Crippen LogP contribution in [-0.2, 0) is 4.79 Å². The zero-order valence-electron chi connectivity index (χ0n) is 17.4. The zero-order chi connectivity index (χ0) is 22.0. The second-order valence-electron chi connectivity index (χ2n) is 7.62. The van der Waals surface area contributed by atoms with Crippen LogP contribution in [0.3, 0.4) is 0 Å². The smallest absolute Gasteiger partial charge is 0.251 e. The van der Waals surface area contributed by atoms with Crippen LogP contribution in [0.4, 0.5) is 10.1 Å². The molecule has 158 valence electrons. The summed E-state index contributed by atoms with van der Waals surface area (Å²) >= 11 is 0. The molecule has 0 saturated heterocycles. The van der Waals surface area contributed by atoms with Crippen LogP contribution in [0, 0.1) is 19.7 Å². The first-order chi connectivity index (χ1) is 14.9. The molecule has 0 aliphatic heterocycles. The number of carbonyl (C=O) groups excluding carboxylic acids is 2. The summed E-state index contributed by atoms with van der Waals surface area (Å²) in [7, 11) is 0. The Balaban J connectivity index is 1.46. The average Bonchev–Trinajstić information content (AvgIpc) is 3.52. The van der Waals surface area contributed by atoms with Crippen molar-refractivity contribution in [3.8, 4) is 5.69 Å². The molecule has 0 spiro atoms. The largest absolute Gasteiger partial charge is 0.349 e. The number of amides is 2. The predicted octanol–water partition coefficient (Wildman–Crippen LogP) is 4.17. The Hall–Kier alpha value is -3.74. The van der Waals surface area contributed by atoms with Gasteiger partial charge in [0.15, 0.2) is 0 Å². The molecule has 2 aromatic carbocycles. The van der Waals surface area contributed by atoms with Crippen LogP contribution >= 0.6 is 0 Å². The number of hydrogen-bond donors (Lipinski definition) is 2. The number of anilines is 1. The second-order valence-corrected chi connectivity index (χ2v) is 7.62. The molecule has 1 heterocycles. The number of hydrogen-bond acceptors (Lipinski definition) is 3. The van der Waals surface area contributed by atoms with Crippen LogP contribution in [0.5, 0.6) is 0 Å². The molecule has 0 bridgehead atoms. The first-order valence-electron chi connectivity index (χ1n) is 10.1. The van der Waals surface area contributed by atoms with E-state index in [9.17, 15) is 14.0 Å². The van der Waals surface area contributed by atoms with E-state index in [1.807, 2.05) is 13.8 Å². The summed E-state index contributed by atoms with van der Waals surface area (Å²) < 4.78 is 14.9. The Labute approximate surface area is 179 Å². The number of aryl methyl sites for hydroxylation is 1. The molecule has 4 rings (SSSR count). The number of halogens is 1. The Morgan fingerprint density at radius 2 is 1.87 bits per heavy atom. The van der Waals surface area contributed by atoms with Gasteiger partial charge in [0, 0.05) is 34.6 Å². The van der Waals surface area contributed by atoms with Crippen molar-refractivity contribution in [2.75, 3.05) is 5.32 Å². The van der Waals surface area contributed by atoms with Gasteiger partial charge in [-0.2, -0.15) is 5.10 Å². The monoisotopic (exact) mass is 418 g/mol. The first-order valence-corrected chi connectivity index (χ1v) is 10.1. The lowest BCUT2D eigenvalue weighted by molar-refractivity contribution is -0.111. The van der Waals surface area contributed by atoms with Crippen molar-refractivity contribution in [3.05, 3.63) is 82.9 Å². The van der Waals surface area contributed by atoms with E-state index in [4.69, 9.17) is 0 Å². The van der Waals surface area contributed by atoms with Gasteiger partial charge < -0.3 is 10.6 Å². The highest BCUT2D eigenvalue weighted by Crippen LogP contribution is 2.21. The molecule has 2 N–H and O–H groups in total. The first kappa shape index (κ1) is 20.5. The average molecular weight is 418 g/mol. The van der Waals surface area contributed by atoms with E-state index in [-0.39, 0.29) is 23.7 Å². The molecule has 2 amide bonds. The van der Waals surface area contributed by atoms with Gasteiger partial charge in [-0.15, -0.1) is 0 Å². The van der Waals surface area contributed by atoms with Gasteiger partial charge in [0.2, 0.25) is 5.91 Å². The zero-order valence-corrected chi connectivity index (χ0v) is 17.4. The minimum Gasteiger partial charge on any atom is -0.349 e. The van der Waals surface area contributed by atoms with Crippen molar-refractivity contribution < 1.29 is 14.0 Å². The van der Waals surface area contributed by atoms with E-state index < -0.39 is 0 Å². The highest BCUT2D eigenvalue weighted by Gasteiger charge is 2.23. The molecule has 3 aromatic rings. The highest BCUT2D eigenvalue weighted by molar-refractivity contribution is 6.03. The maximum atomic E-state index is 13.2. The molecule has 1 saturated carbocycles. The summed E-state index contributed by atoms with van der Waals surface area (Å²) in [6.45, 7) is 3.75. The van der Waals surface area contributed by atoms with Crippen LogP contribution in [0.25, 0.3) is 11.8 Å². The van der Waals surface area contributed by atoms with Gasteiger partial charge in [-0.25, -0.2) is 9.07 Å². The number of benzene rings is 2. The lowest BCUT2D eigenvalue weighted by atomic mass is 10.1. The van der Waals surface area contributed by atoms with Gasteiger partial charge in [-0.05, 0) is 75.2 Å². The Morgan fingerprint density at radius 3 is 2.58 bits per heavy atom. The number of nitrogens with one attached hydrogen (secondary N) is 2. The molecule has 1 aliphatic carbocycles. The molecule has 0 atom stereocenters. The molecular formula is C24H23FN4O2. The maximum absolute atomic E-state index is 13.2. The van der Waals surface area contributed by atoms with Crippen molar-refractivity contribution in [3.63, 3.8) is 0 Å². The Kier molecular flexibility index (Phi) is 5.66. The van der Waals surface area contributed by atoms with Gasteiger partial charge in [0.05, 0.1) is 11.4 Å². The number of aromatic nitrogens is 2. The number of carbonyl (C=O) groups is 2. The lowest BCUT2D eigenvalue weighted by Gasteiger charge is -2.06. The van der Waals surface area contributed by atoms with E-state index in [0.29, 0.717) is 11.3 Å². The molecule has 6 nitrogen and oxygen atoms in total. The van der Waals surface area contributed by atoms with Crippen molar-refractivity contribution in [1.82, 2.24) is 15.1 Å². The van der Waals surface area contributed by atoms with Crippen LogP contribution in [-0.4, -0.2) is 27.6 Å². The second kappa shape index (κ2) is 8.55. The summed E-state index contributed by atoms with van der Waals surface area (Å²) in [6.07, 6.45) is 5.17. The van der Waals surface area contributed by atoms with E-state index in [1.165, 1.54) is 18.2 Å². The number of rotatable bonds is 6. The maximum Gasteiger partial charge on any atom is 0.251 e. The van der Waals surface area contributed by atoms with Gasteiger partial charge >= 0.3 is 0 Å². The van der Waals surface area contributed by atoms with Gasteiger partial charge in [-0.1, -0.05) is 6.07 Å². The topological polar surface area (TPSA) is 76.0 Å². The minimum atomic E-state index is -0.312. The lowest BCUT2D eigenvalue weighted by Crippen LogP contribution is -2.25. The van der Waals surface area contributed by atoms with E-state index >= 15 is 0 Å². The molecule has 1 aromatic heterocycles. The van der Waals surface area contributed by atoms with E-state index in [0.717, 1.165) is 35.5 Å². The fourth-order valence-electron chi connectivity index (χ4n) is 3.31. The van der Waals surface area contributed by atoms with Gasteiger partial charge in [0.1, 0.15) is 5.82 Å². The summed E-state index contributed by atoms with van der Waals surface area (Å²) in [5.74, 6) is -0.752. The Morgan fingerprint density at radius 1 is 1.13 bits per heavy atom. The normalized spacial score (nSPS) is 13.4. The molecule has 0 radical (unpaired) electrons. The summed E-state index contributed by atoms with van der Waals surface area (Å²) in [6, 6.07) is 13.2. The molecule has 0 unspecified atom stereocenters. The van der Waals surface area contributed by atoms with Crippen LogP contribution in [0.2, 0.25) is 0 Å². The third kappa shape index (κ3) is 4.88. The quantitative estimate of drug-likeness (QED) is 0.590. The molecule has 1 aliphatic rings. The summed E-state index contributed by atoms with van der Waals surface area (Å²) in [4.78, 5) is 24.6. The SMILES string of the molecule is Cc1nn(-c2ccc(F)cc2)c(C)c1/C=C/C(=O)Nc1cccc(C(=O)NC2CC2)c1. The fraction of sp³-hybridized carbons (Fsp3) is 0.208.